The van der Waals surface area contributed by atoms with E-state index < -0.39 is 7.32 Å². The molecule has 4 nitrogen and oxygen atoms in total. The minimum Gasteiger partial charge on any atom is -0.512 e. The van der Waals surface area contributed by atoms with Gasteiger partial charge >= 0.3 is 7.32 Å². The van der Waals surface area contributed by atoms with Crippen LogP contribution in [0.25, 0.3) is 0 Å². The van der Waals surface area contributed by atoms with E-state index >= 15 is 0 Å². The molecule has 0 saturated carbocycles. The second-order valence-electron chi connectivity index (χ2n) is 2.30. The maximum Gasteiger partial charge on any atom is 0.707 e. The minimum atomic E-state index is -1.78. The maximum atomic E-state index is 8.47. The summed E-state index contributed by atoms with van der Waals surface area (Å²) in [5, 5.41) is 16.9. The molecule has 0 bridgehead atoms. The summed E-state index contributed by atoms with van der Waals surface area (Å²) in [6.45, 7) is 0.402. The quantitative estimate of drug-likeness (QED) is 0.530. The standard InChI is InChI=1S/C7H10BNO3/c9-5-6-2-1-3-7(4-6)12-8(10)11/h1-4,10-11H,5,9H2. The molecule has 4 N–H and O–H groups in total. The maximum absolute atomic E-state index is 8.47. The predicted molar refractivity (Wildman–Crippen MR) is 45.2 cm³/mol. The van der Waals surface area contributed by atoms with Crippen LogP contribution in [0.5, 0.6) is 5.75 Å². The first-order valence-electron chi connectivity index (χ1n) is 3.54. The molecule has 1 aromatic carbocycles. The summed E-state index contributed by atoms with van der Waals surface area (Å²) in [6.07, 6.45) is 0. The summed E-state index contributed by atoms with van der Waals surface area (Å²) in [6, 6.07) is 6.84. The zero-order valence-corrected chi connectivity index (χ0v) is 6.47. The molecule has 64 valence electrons. The number of hydrogen-bond acceptors (Lipinski definition) is 4. The second-order valence-corrected chi connectivity index (χ2v) is 2.30. The molecular weight excluding hydrogens is 157 g/mol. The lowest BCUT2D eigenvalue weighted by Crippen LogP contribution is -2.20. The van der Waals surface area contributed by atoms with Gasteiger partial charge in [-0.05, 0) is 17.7 Å². The lowest BCUT2D eigenvalue weighted by atomic mass is 10.2. The fourth-order valence-electron chi connectivity index (χ4n) is 0.867. The van der Waals surface area contributed by atoms with Crippen molar-refractivity contribution in [3.05, 3.63) is 29.8 Å². The van der Waals surface area contributed by atoms with E-state index in [1.807, 2.05) is 6.07 Å². The molecule has 0 aliphatic rings. The van der Waals surface area contributed by atoms with E-state index in [1.165, 1.54) is 0 Å². The van der Waals surface area contributed by atoms with E-state index in [0.717, 1.165) is 5.56 Å². The van der Waals surface area contributed by atoms with Crippen molar-refractivity contribution in [1.29, 1.82) is 0 Å². The van der Waals surface area contributed by atoms with Crippen molar-refractivity contribution in [2.75, 3.05) is 0 Å². The van der Waals surface area contributed by atoms with Gasteiger partial charge < -0.3 is 20.4 Å². The summed E-state index contributed by atoms with van der Waals surface area (Å²) in [5.74, 6) is 0.396. The molecule has 0 aromatic heterocycles. The van der Waals surface area contributed by atoms with Gasteiger partial charge in [0.1, 0.15) is 5.75 Å². The number of rotatable bonds is 3. The number of hydrogen-bond donors (Lipinski definition) is 3. The summed E-state index contributed by atoms with van der Waals surface area (Å²) >= 11 is 0. The Balaban J connectivity index is 2.72. The summed E-state index contributed by atoms with van der Waals surface area (Å²) < 4.78 is 4.61. The smallest absolute Gasteiger partial charge is 0.512 e. The monoisotopic (exact) mass is 167 g/mol. The van der Waals surface area contributed by atoms with Gasteiger partial charge in [-0.15, -0.1) is 0 Å². The van der Waals surface area contributed by atoms with Crippen LogP contribution in [0.15, 0.2) is 24.3 Å². The second kappa shape index (κ2) is 4.11. The molecule has 5 heteroatoms. The summed E-state index contributed by atoms with van der Waals surface area (Å²) in [5.41, 5.74) is 6.25. The van der Waals surface area contributed by atoms with Crippen molar-refractivity contribution in [2.24, 2.45) is 5.73 Å². The van der Waals surface area contributed by atoms with Crippen LogP contribution in [0, 0.1) is 0 Å². The van der Waals surface area contributed by atoms with Crippen molar-refractivity contribution in [2.45, 2.75) is 6.54 Å². The molecular formula is C7H10BNO3. The third-order valence-electron chi connectivity index (χ3n) is 1.38. The normalized spacial score (nSPS) is 9.58. The van der Waals surface area contributed by atoms with Gasteiger partial charge in [0.05, 0.1) is 0 Å². The first-order valence-corrected chi connectivity index (χ1v) is 3.54. The molecule has 0 aliphatic carbocycles. The van der Waals surface area contributed by atoms with Gasteiger partial charge in [-0.3, -0.25) is 0 Å². The zero-order valence-electron chi connectivity index (χ0n) is 6.47. The third-order valence-corrected chi connectivity index (χ3v) is 1.38. The largest absolute Gasteiger partial charge is 0.707 e. The summed E-state index contributed by atoms with van der Waals surface area (Å²) in [7, 11) is -1.78. The van der Waals surface area contributed by atoms with Crippen LogP contribution in [0.4, 0.5) is 0 Å². The Labute approximate surface area is 70.8 Å². The van der Waals surface area contributed by atoms with Gasteiger partial charge in [-0.25, -0.2) is 0 Å². The van der Waals surface area contributed by atoms with Crippen LogP contribution >= 0.6 is 0 Å². The molecule has 0 radical (unpaired) electrons. The Morgan fingerprint density at radius 3 is 2.75 bits per heavy atom. The SMILES string of the molecule is NCc1cccc(OB(O)O)c1. The lowest BCUT2D eigenvalue weighted by Gasteiger charge is -2.05. The molecule has 0 spiro atoms. The third kappa shape index (κ3) is 2.54. The van der Waals surface area contributed by atoms with E-state index in [1.54, 1.807) is 18.2 Å². The van der Waals surface area contributed by atoms with Crippen molar-refractivity contribution in [1.82, 2.24) is 0 Å². The van der Waals surface area contributed by atoms with Crippen molar-refractivity contribution in [3.63, 3.8) is 0 Å². The average Bonchev–Trinajstić information content (AvgIpc) is 2.03. The Hall–Kier alpha value is -1.04. The summed E-state index contributed by atoms with van der Waals surface area (Å²) in [4.78, 5) is 0. The van der Waals surface area contributed by atoms with Crippen LogP contribution in [-0.2, 0) is 6.54 Å². The molecule has 1 rings (SSSR count). The van der Waals surface area contributed by atoms with E-state index in [4.69, 9.17) is 15.8 Å². The van der Waals surface area contributed by atoms with Gasteiger partial charge in [0.2, 0.25) is 0 Å². The van der Waals surface area contributed by atoms with Crippen LogP contribution in [0.3, 0.4) is 0 Å². The highest BCUT2D eigenvalue weighted by Crippen LogP contribution is 2.12. The van der Waals surface area contributed by atoms with Crippen molar-refractivity contribution < 1.29 is 14.7 Å². The molecule has 1 aromatic rings. The number of benzene rings is 1. The molecule has 0 atom stereocenters. The molecule has 0 aliphatic heterocycles. The van der Waals surface area contributed by atoms with Gasteiger partial charge in [0.25, 0.3) is 0 Å². The Morgan fingerprint density at radius 1 is 1.42 bits per heavy atom. The highest BCUT2D eigenvalue weighted by molar-refractivity contribution is 6.33. The predicted octanol–water partition coefficient (Wildman–Crippen LogP) is -0.506. The molecule has 0 amide bonds. The first kappa shape index (κ1) is 9.06. The molecule has 0 unspecified atom stereocenters. The average molecular weight is 167 g/mol. The Bertz CT molecular complexity index is 254. The van der Waals surface area contributed by atoms with E-state index in [2.05, 4.69) is 4.65 Å². The van der Waals surface area contributed by atoms with Crippen molar-refractivity contribution >= 4 is 7.32 Å². The van der Waals surface area contributed by atoms with Crippen LogP contribution < -0.4 is 10.4 Å². The first-order chi connectivity index (χ1) is 5.72. The highest BCUT2D eigenvalue weighted by atomic mass is 16.6. The molecule has 0 fully saturated rings. The van der Waals surface area contributed by atoms with E-state index in [9.17, 15) is 0 Å². The van der Waals surface area contributed by atoms with Crippen molar-refractivity contribution in [3.8, 4) is 5.75 Å². The molecule has 0 heterocycles. The fraction of sp³-hybridized carbons (Fsp3) is 0.143. The minimum absolute atomic E-state index is 0.396. The lowest BCUT2D eigenvalue weighted by molar-refractivity contribution is 0.288. The molecule has 12 heavy (non-hydrogen) atoms. The van der Waals surface area contributed by atoms with Crippen LogP contribution in [-0.4, -0.2) is 17.4 Å². The Morgan fingerprint density at radius 2 is 2.17 bits per heavy atom. The number of nitrogens with two attached hydrogens (primary N) is 1. The fourth-order valence-corrected chi connectivity index (χ4v) is 0.867. The topological polar surface area (TPSA) is 75.7 Å². The van der Waals surface area contributed by atoms with Gasteiger partial charge in [-0.2, -0.15) is 0 Å². The van der Waals surface area contributed by atoms with Crippen LogP contribution in [0.1, 0.15) is 5.56 Å². The molecule has 0 saturated heterocycles. The van der Waals surface area contributed by atoms with E-state index in [0.29, 0.717) is 12.3 Å². The van der Waals surface area contributed by atoms with E-state index in [-0.39, 0.29) is 0 Å². The van der Waals surface area contributed by atoms with Crippen LogP contribution in [0.2, 0.25) is 0 Å². The Kier molecular flexibility index (Phi) is 3.10. The van der Waals surface area contributed by atoms with Gasteiger partial charge in [0, 0.05) is 6.54 Å². The van der Waals surface area contributed by atoms with Gasteiger partial charge in [-0.1, -0.05) is 12.1 Å². The highest BCUT2D eigenvalue weighted by Gasteiger charge is 2.10. The van der Waals surface area contributed by atoms with Gasteiger partial charge in [0.15, 0.2) is 0 Å². The zero-order chi connectivity index (χ0) is 8.97.